The predicted octanol–water partition coefficient (Wildman–Crippen LogP) is 3.76. The lowest BCUT2D eigenvalue weighted by atomic mass is 10.0. The molecule has 14 heavy (non-hydrogen) atoms. The summed E-state index contributed by atoms with van der Waals surface area (Å²) >= 11 is 0. The number of hydrogen-bond donors (Lipinski definition) is 0. The summed E-state index contributed by atoms with van der Waals surface area (Å²) in [5, 5.41) is 0. The molecule has 1 aromatic carbocycles. The van der Waals surface area contributed by atoms with Gasteiger partial charge in [0, 0.05) is 12.0 Å². The molecule has 0 aromatic heterocycles. The number of Topliss-reactive ketones (excluding diaryl/α,β-unsaturated/α-hetero) is 1. The molecule has 0 saturated carbocycles. The number of carbonyl (C=O) groups is 1. The van der Waals surface area contributed by atoms with Crippen molar-refractivity contribution in [3.8, 4) is 0 Å². The lowest BCUT2D eigenvalue weighted by Gasteiger charge is -2.00. The number of carbonyl (C=O) groups excluding carboxylic acids is 1. The van der Waals surface area contributed by atoms with Crippen molar-refractivity contribution in [2.45, 2.75) is 39.5 Å². The quantitative estimate of drug-likeness (QED) is 0.510. The highest BCUT2D eigenvalue weighted by molar-refractivity contribution is 5.96. The molecule has 0 bridgehead atoms. The lowest BCUT2D eigenvalue weighted by Crippen LogP contribution is -1.98. The average molecular weight is 190 g/mol. The van der Waals surface area contributed by atoms with Crippen LogP contribution in [0.4, 0.5) is 0 Å². The van der Waals surface area contributed by atoms with Gasteiger partial charge in [-0.15, -0.1) is 0 Å². The molecule has 0 amide bonds. The summed E-state index contributed by atoms with van der Waals surface area (Å²) < 4.78 is 0. The van der Waals surface area contributed by atoms with E-state index in [4.69, 9.17) is 0 Å². The normalized spacial score (nSPS) is 10.1. The van der Waals surface area contributed by atoms with Crippen LogP contribution in [0.5, 0.6) is 0 Å². The van der Waals surface area contributed by atoms with Gasteiger partial charge < -0.3 is 0 Å². The van der Waals surface area contributed by atoms with Gasteiger partial charge in [0.15, 0.2) is 5.78 Å². The van der Waals surface area contributed by atoms with E-state index >= 15 is 0 Å². The summed E-state index contributed by atoms with van der Waals surface area (Å²) in [7, 11) is 0. The van der Waals surface area contributed by atoms with Crippen molar-refractivity contribution in [1.82, 2.24) is 0 Å². The van der Waals surface area contributed by atoms with Gasteiger partial charge in [-0.05, 0) is 13.3 Å². The monoisotopic (exact) mass is 190 g/mol. The molecule has 0 radical (unpaired) electrons. The van der Waals surface area contributed by atoms with Gasteiger partial charge in [0.2, 0.25) is 0 Å². The molecule has 0 saturated heterocycles. The largest absolute Gasteiger partial charge is 0.294 e. The second kappa shape index (κ2) is 5.58. The second-order valence-corrected chi connectivity index (χ2v) is 3.75. The van der Waals surface area contributed by atoms with E-state index in [0.717, 1.165) is 18.4 Å². The fourth-order valence-corrected chi connectivity index (χ4v) is 1.42. The highest BCUT2D eigenvalue weighted by Gasteiger charge is 2.03. The van der Waals surface area contributed by atoms with Crippen molar-refractivity contribution in [3.63, 3.8) is 0 Å². The zero-order valence-electron chi connectivity index (χ0n) is 9.05. The van der Waals surface area contributed by atoms with E-state index in [2.05, 4.69) is 6.92 Å². The number of unbranched alkanes of at least 4 members (excludes halogenated alkanes) is 2. The summed E-state index contributed by atoms with van der Waals surface area (Å²) in [6.07, 6.45) is 4.03. The van der Waals surface area contributed by atoms with Crippen LogP contribution >= 0.6 is 0 Å². The van der Waals surface area contributed by atoms with Crippen LogP contribution in [-0.2, 0) is 0 Å². The zero-order chi connectivity index (χ0) is 10.4. The van der Waals surface area contributed by atoms with Crippen molar-refractivity contribution in [2.24, 2.45) is 0 Å². The minimum Gasteiger partial charge on any atom is -0.294 e. The molecule has 0 aliphatic carbocycles. The van der Waals surface area contributed by atoms with Gasteiger partial charge in [0.05, 0.1) is 0 Å². The molecule has 1 heteroatoms. The fourth-order valence-electron chi connectivity index (χ4n) is 1.42. The first-order chi connectivity index (χ1) is 6.74. The third kappa shape index (κ3) is 3.33. The Morgan fingerprint density at radius 3 is 2.36 bits per heavy atom. The van der Waals surface area contributed by atoms with Crippen molar-refractivity contribution < 1.29 is 4.79 Å². The Bertz CT molecular complexity index is 285. The van der Waals surface area contributed by atoms with E-state index in [0.29, 0.717) is 6.42 Å². The zero-order valence-corrected chi connectivity index (χ0v) is 9.05. The molecular weight excluding hydrogens is 172 g/mol. The topological polar surface area (TPSA) is 17.1 Å². The van der Waals surface area contributed by atoms with Crippen LogP contribution in [0.15, 0.2) is 24.3 Å². The van der Waals surface area contributed by atoms with E-state index < -0.39 is 0 Å². The molecular formula is C13H18O. The minimum absolute atomic E-state index is 0.276. The maximum Gasteiger partial charge on any atom is 0.162 e. The first-order valence-electron chi connectivity index (χ1n) is 5.34. The molecule has 0 unspecified atom stereocenters. The number of hydrogen-bond acceptors (Lipinski definition) is 1. The summed E-state index contributed by atoms with van der Waals surface area (Å²) in [5.41, 5.74) is 2.06. The van der Waals surface area contributed by atoms with Crippen LogP contribution in [0, 0.1) is 6.92 Å². The number of benzene rings is 1. The van der Waals surface area contributed by atoms with E-state index in [1.54, 1.807) is 0 Å². The highest BCUT2D eigenvalue weighted by Crippen LogP contribution is 2.09. The van der Waals surface area contributed by atoms with E-state index in [9.17, 15) is 4.79 Å². The summed E-state index contributed by atoms with van der Waals surface area (Å²) in [6, 6.07) is 7.83. The fraction of sp³-hybridized carbons (Fsp3) is 0.462. The molecule has 1 rings (SSSR count). The first-order valence-corrected chi connectivity index (χ1v) is 5.34. The summed E-state index contributed by atoms with van der Waals surface area (Å²) in [5.74, 6) is 0.276. The maximum atomic E-state index is 11.6. The van der Waals surface area contributed by atoms with Crippen LogP contribution in [-0.4, -0.2) is 5.78 Å². The molecule has 0 aliphatic heterocycles. The third-order valence-corrected chi connectivity index (χ3v) is 2.38. The summed E-state index contributed by atoms with van der Waals surface area (Å²) in [4.78, 5) is 11.6. The van der Waals surface area contributed by atoms with E-state index in [1.807, 2.05) is 31.2 Å². The van der Waals surface area contributed by atoms with Crippen LogP contribution in [0.2, 0.25) is 0 Å². The maximum absolute atomic E-state index is 11.6. The molecule has 0 heterocycles. The Morgan fingerprint density at radius 2 is 1.79 bits per heavy atom. The van der Waals surface area contributed by atoms with Crippen molar-refractivity contribution in [3.05, 3.63) is 35.4 Å². The number of aryl methyl sites for hydroxylation is 1. The third-order valence-electron chi connectivity index (χ3n) is 2.38. The Hall–Kier alpha value is -1.11. The average Bonchev–Trinajstić information content (AvgIpc) is 2.19. The standard InChI is InChI=1S/C13H18O/c1-3-4-5-6-13(14)12-9-7-11(2)8-10-12/h7-10H,3-6H2,1-2H3. The molecule has 1 aromatic rings. The van der Waals surface area contributed by atoms with Gasteiger partial charge >= 0.3 is 0 Å². The summed E-state index contributed by atoms with van der Waals surface area (Å²) in [6.45, 7) is 4.18. The molecule has 0 spiro atoms. The molecule has 76 valence electrons. The van der Waals surface area contributed by atoms with Crippen LogP contribution in [0.3, 0.4) is 0 Å². The molecule has 0 aliphatic rings. The number of rotatable bonds is 5. The molecule has 0 N–H and O–H groups in total. The van der Waals surface area contributed by atoms with Gasteiger partial charge in [-0.1, -0.05) is 49.6 Å². The minimum atomic E-state index is 0.276. The number of ketones is 1. The van der Waals surface area contributed by atoms with E-state index in [1.165, 1.54) is 12.0 Å². The van der Waals surface area contributed by atoms with Gasteiger partial charge in [0.1, 0.15) is 0 Å². The van der Waals surface area contributed by atoms with Crippen molar-refractivity contribution in [1.29, 1.82) is 0 Å². The molecule has 1 nitrogen and oxygen atoms in total. The van der Waals surface area contributed by atoms with Crippen LogP contribution < -0.4 is 0 Å². The molecule has 0 fully saturated rings. The highest BCUT2D eigenvalue weighted by atomic mass is 16.1. The lowest BCUT2D eigenvalue weighted by molar-refractivity contribution is 0.0979. The Morgan fingerprint density at radius 1 is 1.14 bits per heavy atom. The van der Waals surface area contributed by atoms with Gasteiger partial charge in [-0.25, -0.2) is 0 Å². The Labute approximate surface area is 86.1 Å². The van der Waals surface area contributed by atoms with Crippen molar-refractivity contribution >= 4 is 5.78 Å². The van der Waals surface area contributed by atoms with Gasteiger partial charge in [0.25, 0.3) is 0 Å². The first kappa shape index (κ1) is 11.0. The second-order valence-electron chi connectivity index (χ2n) is 3.75. The van der Waals surface area contributed by atoms with Crippen LogP contribution in [0.1, 0.15) is 48.5 Å². The SMILES string of the molecule is CCCCCC(=O)c1ccc(C)cc1. The van der Waals surface area contributed by atoms with Crippen molar-refractivity contribution in [2.75, 3.05) is 0 Å². The van der Waals surface area contributed by atoms with Gasteiger partial charge in [-0.3, -0.25) is 4.79 Å². The van der Waals surface area contributed by atoms with E-state index in [-0.39, 0.29) is 5.78 Å². The smallest absolute Gasteiger partial charge is 0.162 e. The molecule has 0 atom stereocenters. The Balaban J connectivity index is 2.48. The Kier molecular flexibility index (Phi) is 4.37. The predicted molar refractivity (Wildman–Crippen MR) is 59.7 cm³/mol. The van der Waals surface area contributed by atoms with Gasteiger partial charge in [-0.2, -0.15) is 0 Å². The van der Waals surface area contributed by atoms with Crippen LogP contribution in [0.25, 0.3) is 0 Å².